The van der Waals surface area contributed by atoms with E-state index in [1.54, 1.807) is 19.3 Å². The van der Waals surface area contributed by atoms with Crippen molar-refractivity contribution in [3.8, 4) is 11.6 Å². The second kappa shape index (κ2) is 4.91. The SMILES string of the molecule is CCc1ccc(Oc2nccn(C)c2=O)c(N)c1. The van der Waals surface area contributed by atoms with Gasteiger partial charge in [-0.25, -0.2) is 4.98 Å². The van der Waals surface area contributed by atoms with E-state index in [1.165, 1.54) is 10.8 Å². The molecular weight excluding hydrogens is 230 g/mol. The first-order chi connectivity index (χ1) is 8.61. The molecule has 2 N–H and O–H groups in total. The van der Waals surface area contributed by atoms with Gasteiger partial charge < -0.3 is 15.0 Å². The van der Waals surface area contributed by atoms with Gasteiger partial charge in [0, 0.05) is 19.4 Å². The number of benzene rings is 1. The molecule has 2 rings (SSSR count). The van der Waals surface area contributed by atoms with Gasteiger partial charge in [0.05, 0.1) is 5.69 Å². The van der Waals surface area contributed by atoms with Crippen LogP contribution in [0.4, 0.5) is 5.69 Å². The van der Waals surface area contributed by atoms with E-state index < -0.39 is 0 Å². The van der Waals surface area contributed by atoms with E-state index in [0.29, 0.717) is 11.4 Å². The average molecular weight is 245 g/mol. The van der Waals surface area contributed by atoms with Gasteiger partial charge in [0.15, 0.2) is 5.75 Å². The molecule has 2 aromatic rings. The molecule has 1 aromatic heterocycles. The normalized spacial score (nSPS) is 10.3. The van der Waals surface area contributed by atoms with E-state index in [-0.39, 0.29) is 11.4 Å². The van der Waals surface area contributed by atoms with Gasteiger partial charge in [-0.3, -0.25) is 4.79 Å². The highest BCUT2D eigenvalue weighted by Gasteiger charge is 2.08. The monoisotopic (exact) mass is 245 g/mol. The summed E-state index contributed by atoms with van der Waals surface area (Å²) in [5, 5.41) is 0. The molecule has 5 nitrogen and oxygen atoms in total. The molecule has 1 aromatic carbocycles. The summed E-state index contributed by atoms with van der Waals surface area (Å²) in [5.41, 5.74) is 7.20. The Morgan fingerprint density at radius 2 is 2.22 bits per heavy atom. The molecule has 0 fully saturated rings. The first kappa shape index (κ1) is 12.2. The maximum absolute atomic E-state index is 11.7. The number of nitrogens with two attached hydrogens (primary N) is 1. The van der Waals surface area contributed by atoms with Gasteiger partial charge >= 0.3 is 5.56 Å². The number of anilines is 1. The van der Waals surface area contributed by atoms with E-state index in [0.717, 1.165) is 12.0 Å². The third kappa shape index (κ3) is 2.34. The third-order valence-electron chi connectivity index (χ3n) is 2.67. The molecule has 0 atom stereocenters. The van der Waals surface area contributed by atoms with Crippen molar-refractivity contribution in [2.24, 2.45) is 7.05 Å². The molecule has 0 bridgehead atoms. The fraction of sp³-hybridized carbons (Fsp3) is 0.231. The second-order valence-electron chi connectivity index (χ2n) is 3.98. The molecule has 94 valence electrons. The zero-order valence-electron chi connectivity index (χ0n) is 10.4. The molecule has 0 radical (unpaired) electrons. The highest BCUT2D eigenvalue weighted by atomic mass is 16.5. The quantitative estimate of drug-likeness (QED) is 0.836. The number of aromatic nitrogens is 2. The van der Waals surface area contributed by atoms with E-state index in [2.05, 4.69) is 4.98 Å². The molecule has 18 heavy (non-hydrogen) atoms. The largest absolute Gasteiger partial charge is 0.432 e. The molecule has 0 amide bonds. The van der Waals surface area contributed by atoms with Gasteiger partial charge in [-0.05, 0) is 24.1 Å². The Morgan fingerprint density at radius 3 is 2.89 bits per heavy atom. The van der Waals surface area contributed by atoms with E-state index in [1.807, 2.05) is 19.1 Å². The minimum absolute atomic E-state index is 0.0240. The number of ether oxygens (including phenoxy) is 1. The Balaban J connectivity index is 2.34. The minimum Gasteiger partial charge on any atom is -0.432 e. The van der Waals surface area contributed by atoms with Gasteiger partial charge in [0.1, 0.15) is 0 Å². The van der Waals surface area contributed by atoms with Gasteiger partial charge in [-0.2, -0.15) is 0 Å². The van der Waals surface area contributed by atoms with Crippen LogP contribution < -0.4 is 16.0 Å². The summed E-state index contributed by atoms with van der Waals surface area (Å²) in [5.74, 6) is 0.471. The number of nitrogens with zero attached hydrogens (tertiary/aromatic N) is 2. The number of nitrogen functional groups attached to an aromatic ring is 1. The minimum atomic E-state index is -0.295. The van der Waals surface area contributed by atoms with Crippen LogP contribution in [0.15, 0.2) is 35.4 Å². The van der Waals surface area contributed by atoms with Crippen LogP contribution in [0.3, 0.4) is 0 Å². The number of rotatable bonds is 3. The molecule has 0 saturated heterocycles. The lowest BCUT2D eigenvalue weighted by molar-refractivity contribution is 0.450. The maximum Gasteiger partial charge on any atom is 0.313 e. The molecular formula is C13H15N3O2. The Labute approximate surface area is 105 Å². The van der Waals surface area contributed by atoms with Crippen LogP contribution in [0.5, 0.6) is 11.6 Å². The summed E-state index contributed by atoms with van der Waals surface area (Å²) in [6.07, 6.45) is 3.97. The van der Waals surface area contributed by atoms with Crippen LogP contribution in [0.25, 0.3) is 0 Å². The van der Waals surface area contributed by atoms with Crippen molar-refractivity contribution in [2.75, 3.05) is 5.73 Å². The molecule has 0 aliphatic rings. The molecule has 0 aliphatic heterocycles. The van der Waals surface area contributed by atoms with Crippen molar-refractivity contribution in [1.82, 2.24) is 9.55 Å². The van der Waals surface area contributed by atoms with Crippen LogP contribution in [0, 0.1) is 0 Å². The lowest BCUT2D eigenvalue weighted by atomic mass is 10.1. The molecule has 0 aliphatic carbocycles. The number of hydrogen-bond acceptors (Lipinski definition) is 4. The third-order valence-corrected chi connectivity index (χ3v) is 2.67. The highest BCUT2D eigenvalue weighted by molar-refractivity contribution is 5.55. The van der Waals surface area contributed by atoms with E-state index in [9.17, 15) is 4.79 Å². The van der Waals surface area contributed by atoms with E-state index >= 15 is 0 Å². The van der Waals surface area contributed by atoms with Crippen LogP contribution >= 0.6 is 0 Å². The molecule has 0 saturated carbocycles. The first-order valence-corrected chi connectivity index (χ1v) is 5.69. The topological polar surface area (TPSA) is 70.1 Å². The molecule has 5 heteroatoms. The summed E-state index contributed by atoms with van der Waals surface area (Å²) in [6, 6.07) is 5.50. The zero-order valence-corrected chi connectivity index (χ0v) is 10.4. The van der Waals surface area contributed by atoms with Crippen molar-refractivity contribution >= 4 is 5.69 Å². The molecule has 0 unspecified atom stereocenters. The van der Waals surface area contributed by atoms with Crippen LogP contribution in [-0.4, -0.2) is 9.55 Å². The predicted molar refractivity (Wildman–Crippen MR) is 69.8 cm³/mol. The van der Waals surface area contributed by atoms with Crippen molar-refractivity contribution < 1.29 is 4.74 Å². The zero-order chi connectivity index (χ0) is 13.1. The van der Waals surface area contributed by atoms with Gasteiger partial charge in [0.2, 0.25) is 0 Å². The Hall–Kier alpha value is -2.30. The lowest BCUT2D eigenvalue weighted by Gasteiger charge is -2.08. The standard InChI is InChI=1S/C13H15N3O2/c1-3-9-4-5-11(10(14)8-9)18-12-13(17)16(2)7-6-15-12/h4-8H,3,14H2,1-2H3. The highest BCUT2D eigenvalue weighted by Crippen LogP contribution is 2.25. The summed E-state index contributed by atoms with van der Waals surface area (Å²) in [6.45, 7) is 2.05. The summed E-state index contributed by atoms with van der Waals surface area (Å²) in [4.78, 5) is 15.6. The lowest BCUT2D eigenvalue weighted by Crippen LogP contribution is -2.18. The molecule has 1 heterocycles. The first-order valence-electron chi connectivity index (χ1n) is 5.69. The van der Waals surface area contributed by atoms with Crippen molar-refractivity contribution in [3.05, 3.63) is 46.5 Å². The van der Waals surface area contributed by atoms with Crippen molar-refractivity contribution in [1.29, 1.82) is 0 Å². The fourth-order valence-corrected chi connectivity index (χ4v) is 1.56. The van der Waals surface area contributed by atoms with E-state index in [4.69, 9.17) is 10.5 Å². The van der Waals surface area contributed by atoms with Gasteiger partial charge in [0.25, 0.3) is 5.88 Å². The number of hydrogen-bond donors (Lipinski definition) is 1. The maximum atomic E-state index is 11.7. The fourth-order valence-electron chi connectivity index (χ4n) is 1.56. The summed E-state index contributed by atoms with van der Waals surface area (Å²) >= 11 is 0. The Morgan fingerprint density at radius 1 is 1.44 bits per heavy atom. The Bertz CT molecular complexity index is 620. The summed E-state index contributed by atoms with van der Waals surface area (Å²) < 4.78 is 6.85. The van der Waals surface area contributed by atoms with Crippen LogP contribution in [0.2, 0.25) is 0 Å². The number of aryl methyl sites for hydroxylation is 2. The molecule has 0 spiro atoms. The predicted octanol–water partition coefficient (Wildman–Crippen LogP) is 1.72. The van der Waals surface area contributed by atoms with Crippen LogP contribution in [-0.2, 0) is 13.5 Å². The van der Waals surface area contributed by atoms with Gasteiger partial charge in [-0.1, -0.05) is 13.0 Å². The summed E-state index contributed by atoms with van der Waals surface area (Å²) in [7, 11) is 1.64. The average Bonchev–Trinajstić information content (AvgIpc) is 2.37. The van der Waals surface area contributed by atoms with Crippen molar-refractivity contribution in [2.45, 2.75) is 13.3 Å². The van der Waals surface area contributed by atoms with Crippen molar-refractivity contribution in [3.63, 3.8) is 0 Å². The van der Waals surface area contributed by atoms with Gasteiger partial charge in [-0.15, -0.1) is 0 Å². The second-order valence-corrected chi connectivity index (χ2v) is 3.98. The Kier molecular flexibility index (Phi) is 3.32. The smallest absolute Gasteiger partial charge is 0.313 e. The van der Waals surface area contributed by atoms with Crippen LogP contribution in [0.1, 0.15) is 12.5 Å².